The van der Waals surface area contributed by atoms with Crippen LogP contribution in [0.5, 0.6) is 0 Å². The molecule has 1 aromatic carbocycles. The van der Waals surface area contributed by atoms with Crippen molar-refractivity contribution in [3.8, 4) is 0 Å². The molecule has 0 radical (unpaired) electrons. The van der Waals surface area contributed by atoms with E-state index < -0.39 is 10.8 Å². The third-order valence-corrected chi connectivity index (χ3v) is 3.44. The fourth-order valence-corrected chi connectivity index (χ4v) is 2.33. The second kappa shape index (κ2) is 4.70. The minimum Gasteiger partial charge on any atom is -0.296 e. The van der Waals surface area contributed by atoms with Gasteiger partial charge in [0.2, 0.25) is 0 Å². The summed E-state index contributed by atoms with van der Waals surface area (Å²) in [7, 11) is 0. The first-order valence-corrected chi connectivity index (χ1v) is 6.31. The zero-order valence-corrected chi connectivity index (χ0v) is 10.7. The summed E-state index contributed by atoms with van der Waals surface area (Å²) in [5, 5.41) is 20.4. The van der Waals surface area contributed by atoms with Gasteiger partial charge in [0.15, 0.2) is 10.8 Å². The molecule has 0 saturated heterocycles. The molecule has 2 heterocycles. The number of anilines is 1. The van der Waals surface area contributed by atoms with Crippen molar-refractivity contribution in [1.29, 1.82) is 0 Å². The molecule has 0 spiro atoms. The quantitative estimate of drug-likeness (QED) is 0.566. The number of carbonyl (C=O) groups is 1. The molecule has 3 aromatic rings. The van der Waals surface area contributed by atoms with Gasteiger partial charge in [0, 0.05) is 5.39 Å². The number of amides is 1. The topological polar surface area (TPSA) is 114 Å². The van der Waals surface area contributed by atoms with Crippen LogP contribution in [0.15, 0.2) is 30.5 Å². The van der Waals surface area contributed by atoms with Gasteiger partial charge in [0.1, 0.15) is 6.20 Å². The molecule has 2 N–H and O–H groups in total. The molecule has 2 aromatic heterocycles. The van der Waals surface area contributed by atoms with Gasteiger partial charge in [-0.3, -0.25) is 25.3 Å². The molecule has 0 aliphatic carbocycles. The molecule has 0 aliphatic heterocycles. The van der Waals surface area contributed by atoms with E-state index in [0.29, 0.717) is 5.39 Å². The minimum absolute atomic E-state index is 0.132. The lowest BCUT2D eigenvalue weighted by Gasteiger charge is -1.97. The van der Waals surface area contributed by atoms with Crippen LogP contribution in [-0.4, -0.2) is 26.0 Å². The normalized spacial score (nSPS) is 10.6. The van der Waals surface area contributed by atoms with Crippen LogP contribution in [0.25, 0.3) is 10.9 Å². The lowest BCUT2D eigenvalue weighted by Crippen LogP contribution is -2.12. The van der Waals surface area contributed by atoms with Crippen LogP contribution in [0.3, 0.4) is 0 Å². The maximum absolute atomic E-state index is 12.1. The van der Waals surface area contributed by atoms with E-state index in [1.807, 2.05) is 6.07 Å². The van der Waals surface area contributed by atoms with Crippen molar-refractivity contribution < 1.29 is 9.72 Å². The predicted octanol–water partition coefficient (Wildman–Crippen LogP) is 2.18. The van der Waals surface area contributed by atoms with E-state index in [1.165, 1.54) is 0 Å². The van der Waals surface area contributed by atoms with Crippen LogP contribution in [-0.2, 0) is 0 Å². The van der Waals surface area contributed by atoms with Crippen molar-refractivity contribution in [3.63, 3.8) is 0 Å². The summed E-state index contributed by atoms with van der Waals surface area (Å²) in [5.74, 6) is -0.466. The molecule has 20 heavy (non-hydrogen) atoms. The predicted molar refractivity (Wildman–Crippen MR) is 72.8 cm³/mol. The number of H-pyrrole nitrogens is 1. The summed E-state index contributed by atoms with van der Waals surface area (Å²) in [5.41, 5.74) is 0.959. The van der Waals surface area contributed by atoms with Crippen molar-refractivity contribution in [1.82, 2.24) is 15.2 Å². The van der Waals surface area contributed by atoms with Gasteiger partial charge in [-0.15, -0.1) is 0 Å². The first-order valence-electron chi connectivity index (χ1n) is 5.50. The highest BCUT2D eigenvalue weighted by molar-refractivity contribution is 7.18. The highest BCUT2D eigenvalue weighted by Crippen LogP contribution is 2.25. The van der Waals surface area contributed by atoms with Gasteiger partial charge in [0.05, 0.1) is 10.4 Å². The number of carbonyl (C=O) groups excluding carboxylic acids is 1. The van der Waals surface area contributed by atoms with E-state index in [9.17, 15) is 14.9 Å². The highest BCUT2D eigenvalue weighted by atomic mass is 32.1. The minimum atomic E-state index is -0.558. The summed E-state index contributed by atoms with van der Waals surface area (Å²) in [6.45, 7) is 0. The lowest BCUT2D eigenvalue weighted by atomic mass is 10.2. The molecule has 0 atom stereocenters. The van der Waals surface area contributed by atoms with Crippen molar-refractivity contribution in [2.75, 3.05) is 5.32 Å². The maximum Gasteiger partial charge on any atom is 0.345 e. The average molecular weight is 289 g/mol. The SMILES string of the molecule is O=C(Nc1ncc([N+](=O)[O-])s1)c1n[nH]c2ccccc12. The molecular weight excluding hydrogens is 282 g/mol. The monoisotopic (exact) mass is 289 g/mol. The van der Waals surface area contributed by atoms with E-state index in [4.69, 9.17) is 0 Å². The van der Waals surface area contributed by atoms with Crippen molar-refractivity contribution in [3.05, 3.63) is 46.3 Å². The van der Waals surface area contributed by atoms with Crippen LogP contribution >= 0.6 is 11.3 Å². The fourth-order valence-electron chi connectivity index (χ4n) is 1.70. The maximum atomic E-state index is 12.1. The van der Waals surface area contributed by atoms with E-state index in [1.54, 1.807) is 18.2 Å². The van der Waals surface area contributed by atoms with Crippen molar-refractivity contribution in [2.45, 2.75) is 0 Å². The Morgan fingerprint density at radius 2 is 2.20 bits per heavy atom. The van der Waals surface area contributed by atoms with E-state index in [-0.39, 0.29) is 15.8 Å². The van der Waals surface area contributed by atoms with Crippen LogP contribution in [0.2, 0.25) is 0 Å². The molecule has 0 unspecified atom stereocenters. The fraction of sp³-hybridized carbons (Fsp3) is 0. The molecule has 9 heteroatoms. The van der Waals surface area contributed by atoms with Gasteiger partial charge >= 0.3 is 5.00 Å². The molecule has 100 valence electrons. The van der Waals surface area contributed by atoms with Crippen molar-refractivity contribution in [2.24, 2.45) is 0 Å². The van der Waals surface area contributed by atoms with Gasteiger partial charge in [-0.2, -0.15) is 5.10 Å². The number of fused-ring (bicyclic) bond motifs is 1. The number of thiazole rings is 1. The third kappa shape index (κ3) is 2.10. The number of aromatic nitrogens is 3. The largest absolute Gasteiger partial charge is 0.345 e. The average Bonchev–Trinajstić information content (AvgIpc) is 3.04. The van der Waals surface area contributed by atoms with Gasteiger partial charge in [-0.05, 0) is 17.4 Å². The molecule has 0 bridgehead atoms. The Labute approximate surface area is 115 Å². The molecule has 1 amide bonds. The van der Waals surface area contributed by atoms with Gasteiger partial charge in [-0.1, -0.05) is 18.2 Å². The first-order chi connectivity index (χ1) is 9.65. The van der Waals surface area contributed by atoms with E-state index in [0.717, 1.165) is 23.1 Å². The number of nitro groups is 1. The Balaban J connectivity index is 1.87. The zero-order valence-electron chi connectivity index (χ0n) is 9.86. The summed E-state index contributed by atoms with van der Waals surface area (Å²) < 4.78 is 0. The Morgan fingerprint density at radius 3 is 2.95 bits per heavy atom. The smallest absolute Gasteiger partial charge is 0.296 e. The number of rotatable bonds is 3. The lowest BCUT2D eigenvalue weighted by molar-refractivity contribution is -0.380. The van der Waals surface area contributed by atoms with Crippen LogP contribution in [0.4, 0.5) is 10.1 Å². The Bertz CT molecular complexity index is 809. The third-order valence-electron chi connectivity index (χ3n) is 2.58. The second-order valence-electron chi connectivity index (χ2n) is 3.83. The molecule has 0 aliphatic rings. The highest BCUT2D eigenvalue weighted by Gasteiger charge is 2.17. The van der Waals surface area contributed by atoms with Gasteiger partial charge in [0.25, 0.3) is 5.91 Å². The Kier molecular flexibility index (Phi) is 2.88. The standard InChI is InChI=1S/C11H7N5O3S/c17-10(13-11-12-5-8(20-11)16(18)19)9-6-3-1-2-4-7(6)14-15-9/h1-5H,(H,14,15)(H,12,13,17). The summed E-state index contributed by atoms with van der Waals surface area (Å²) >= 11 is 0.792. The van der Waals surface area contributed by atoms with Gasteiger partial charge in [-0.25, -0.2) is 4.98 Å². The van der Waals surface area contributed by atoms with Crippen molar-refractivity contribution >= 4 is 38.3 Å². The van der Waals surface area contributed by atoms with Crippen LogP contribution in [0.1, 0.15) is 10.5 Å². The number of aromatic amines is 1. The summed E-state index contributed by atoms with van der Waals surface area (Å²) in [6.07, 6.45) is 1.10. The molecular formula is C11H7N5O3S. The number of hydrogen-bond acceptors (Lipinski definition) is 6. The number of nitrogens with one attached hydrogen (secondary N) is 2. The van der Waals surface area contributed by atoms with Crippen LogP contribution in [0, 0.1) is 10.1 Å². The molecule has 0 fully saturated rings. The van der Waals surface area contributed by atoms with E-state index >= 15 is 0 Å². The second-order valence-corrected chi connectivity index (χ2v) is 4.84. The Hall–Kier alpha value is -2.81. The zero-order chi connectivity index (χ0) is 14.1. The summed E-state index contributed by atoms with van der Waals surface area (Å²) in [6, 6.07) is 7.18. The number of hydrogen-bond donors (Lipinski definition) is 2. The molecule has 0 saturated carbocycles. The number of benzene rings is 1. The van der Waals surface area contributed by atoms with Gasteiger partial charge < -0.3 is 0 Å². The molecule has 3 rings (SSSR count). The number of para-hydroxylation sites is 1. The van der Waals surface area contributed by atoms with Crippen LogP contribution < -0.4 is 5.32 Å². The molecule has 8 nitrogen and oxygen atoms in total. The number of nitrogens with zero attached hydrogens (tertiary/aromatic N) is 3. The first kappa shape index (κ1) is 12.2. The Morgan fingerprint density at radius 1 is 1.40 bits per heavy atom. The summed E-state index contributed by atoms with van der Waals surface area (Å²) in [4.78, 5) is 25.8. The van der Waals surface area contributed by atoms with E-state index in [2.05, 4.69) is 20.5 Å².